The molecule has 0 aliphatic carbocycles. The number of hydrogen-bond donors (Lipinski definition) is 1. The Labute approximate surface area is 79.7 Å². The maximum Gasteiger partial charge on any atom is 0 e. The van der Waals surface area contributed by atoms with Gasteiger partial charge in [0.05, 0.1) is 0 Å². The second-order valence-electron chi connectivity index (χ2n) is 0.100. The van der Waals surface area contributed by atoms with Gasteiger partial charge in [0.15, 0.2) is 0 Å². The zero-order valence-electron chi connectivity index (χ0n) is 3.31. The molecular weight excluding hydrogens is 299 g/mol. The summed E-state index contributed by atoms with van der Waals surface area (Å²) in [6.07, 6.45) is 0.750. The van der Waals surface area contributed by atoms with Gasteiger partial charge < -0.3 is 5.11 Å². The van der Waals surface area contributed by atoms with Crippen molar-refractivity contribution in [3.8, 4) is 6.26 Å². The van der Waals surface area contributed by atoms with E-state index in [0.717, 1.165) is 6.26 Å². The van der Waals surface area contributed by atoms with Gasteiger partial charge >= 0.3 is 17.1 Å². The van der Waals surface area contributed by atoms with Crippen LogP contribution in [0.1, 0.15) is 0 Å². The van der Waals surface area contributed by atoms with Crippen LogP contribution in [0.25, 0.3) is 0 Å². The molecule has 0 atom stereocenters. The second-order valence-corrected chi connectivity index (χ2v) is 0.100. The Morgan fingerprint density at radius 1 is 1.50 bits per heavy atom. The Bertz CT molecular complexity index is 37.0. The van der Waals surface area contributed by atoms with E-state index >= 15 is 0 Å². The predicted molar refractivity (Wildman–Crippen MR) is 16.1 cm³/mol. The topological polar surface area (TPSA) is 44.0 Å². The molecule has 0 unspecified atom stereocenters. The molecule has 0 rings (SSSR count). The SMILES string of the molecule is N#CO.[Cd].[SeH2].[Zn]. The minimum absolute atomic E-state index is 0. The van der Waals surface area contributed by atoms with E-state index in [1.54, 1.807) is 0 Å². The summed E-state index contributed by atoms with van der Waals surface area (Å²) in [5, 5.41) is 13.8. The Morgan fingerprint density at radius 2 is 1.50 bits per heavy atom. The third kappa shape index (κ3) is 55.3. The Hall–Kier alpha value is 1.35. The van der Waals surface area contributed by atoms with E-state index in [4.69, 9.17) is 10.4 Å². The Balaban J connectivity index is -0.00000000667. The van der Waals surface area contributed by atoms with E-state index in [0.29, 0.717) is 0 Å². The first-order chi connectivity index (χ1) is 1.41. The molecule has 0 bridgehead atoms. The van der Waals surface area contributed by atoms with Gasteiger partial charge in [-0.15, -0.1) is 0 Å². The van der Waals surface area contributed by atoms with Crippen LogP contribution in [0.15, 0.2) is 0 Å². The van der Waals surface area contributed by atoms with Crippen molar-refractivity contribution in [1.82, 2.24) is 0 Å². The Kier molecular flexibility index (Phi) is 145. The second kappa shape index (κ2) is 32.9. The normalized spacial score (nSPS) is 1.17. The molecule has 0 spiro atoms. The molecule has 0 amide bonds. The van der Waals surface area contributed by atoms with Crippen LogP contribution in [-0.2, 0) is 46.8 Å². The monoisotopic (exact) mass is 303 g/mol. The maximum atomic E-state index is 6.88. The van der Waals surface area contributed by atoms with Gasteiger partial charge in [0.2, 0.25) is 0 Å². The minimum atomic E-state index is 0. The summed E-state index contributed by atoms with van der Waals surface area (Å²) in [5.74, 6) is 0. The molecule has 0 aromatic carbocycles. The average molecular weight is 302 g/mol. The summed E-state index contributed by atoms with van der Waals surface area (Å²) in [5.41, 5.74) is 0. The molecule has 0 aromatic rings. The van der Waals surface area contributed by atoms with Gasteiger partial charge in [0.25, 0.3) is 6.26 Å². The minimum Gasteiger partial charge on any atom is 0 e. The molecule has 0 heterocycles. The molecule has 0 aliphatic heterocycles. The van der Waals surface area contributed by atoms with Crippen molar-refractivity contribution in [1.29, 1.82) is 5.26 Å². The van der Waals surface area contributed by atoms with Crippen LogP contribution in [-0.4, -0.2) is 22.2 Å². The van der Waals surface area contributed by atoms with Gasteiger partial charge in [-0.25, -0.2) is 0 Å². The van der Waals surface area contributed by atoms with Gasteiger partial charge in [0.1, 0.15) is 0 Å². The van der Waals surface area contributed by atoms with E-state index < -0.39 is 0 Å². The molecule has 0 aliphatic rings. The molecule has 5 heteroatoms. The van der Waals surface area contributed by atoms with E-state index in [1.807, 2.05) is 0 Å². The fraction of sp³-hybridized carbons (Fsp3) is 0. The van der Waals surface area contributed by atoms with E-state index in [1.165, 1.54) is 0 Å². The first kappa shape index (κ1) is 26.4. The summed E-state index contributed by atoms with van der Waals surface area (Å²) < 4.78 is 0. The van der Waals surface area contributed by atoms with Crippen LogP contribution < -0.4 is 0 Å². The van der Waals surface area contributed by atoms with Crippen LogP contribution in [0.3, 0.4) is 0 Å². The van der Waals surface area contributed by atoms with Crippen LogP contribution in [0.2, 0.25) is 0 Å². The van der Waals surface area contributed by atoms with Crippen molar-refractivity contribution in [2.24, 2.45) is 0 Å². The first-order valence-corrected chi connectivity index (χ1v) is 0.447. The molecule has 6 heavy (non-hydrogen) atoms. The number of aliphatic hydroxyl groups excluding tert-OH is 1. The quantitative estimate of drug-likeness (QED) is 0.457. The van der Waals surface area contributed by atoms with E-state index in [2.05, 4.69) is 0 Å². The summed E-state index contributed by atoms with van der Waals surface area (Å²) in [7, 11) is 0. The number of nitriles is 1. The van der Waals surface area contributed by atoms with Crippen molar-refractivity contribution < 1.29 is 51.9 Å². The standard InChI is InChI=1S/CHNO.Cd.H2Se.Zn/c2-1-3;;;/h3H;;1H2;. The molecule has 1 N–H and O–H groups in total. The average Bonchev–Trinajstić information content (AvgIpc) is 0.918. The largest absolute Gasteiger partial charge is 0 e. The fourth-order valence-electron chi connectivity index (χ4n) is 0. The predicted octanol–water partition coefficient (Wildman–Crippen LogP) is -1.08. The van der Waals surface area contributed by atoms with Crippen LogP contribution >= 0.6 is 0 Å². The zero-order valence-corrected chi connectivity index (χ0v) is 12.4. The van der Waals surface area contributed by atoms with Crippen LogP contribution in [0, 0.1) is 11.5 Å². The number of nitrogens with zero attached hydrogens (tertiary/aromatic N) is 1. The van der Waals surface area contributed by atoms with E-state index in [9.17, 15) is 0 Å². The van der Waals surface area contributed by atoms with Crippen molar-refractivity contribution in [2.75, 3.05) is 0 Å². The maximum absolute atomic E-state index is 6.88. The zero-order chi connectivity index (χ0) is 2.71. The van der Waals surface area contributed by atoms with Crippen molar-refractivity contribution in [2.45, 2.75) is 0 Å². The van der Waals surface area contributed by atoms with Crippen LogP contribution in [0.4, 0.5) is 0 Å². The third-order valence-electron chi connectivity index (χ3n) is 0. The van der Waals surface area contributed by atoms with Gasteiger partial charge in [-0.05, 0) is 0 Å². The van der Waals surface area contributed by atoms with Gasteiger partial charge in [-0.1, -0.05) is 0 Å². The number of hydrogen-bond acceptors (Lipinski definition) is 2. The molecule has 2 nitrogen and oxygen atoms in total. The van der Waals surface area contributed by atoms with Crippen LogP contribution in [0.5, 0.6) is 0 Å². The summed E-state index contributed by atoms with van der Waals surface area (Å²) in [6.45, 7) is 0. The Morgan fingerprint density at radius 3 is 1.50 bits per heavy atom. The third-order valence-corrected chi connectivity index (χ3v) is 0. The van der Waals surface area contributed by atoms with Crippen molar-refractivity contribution in [3.05, 3.63) is 0 Å². The number of rotatable bonds is 0. The molecule has 0 saturated carbocycles. The van der Waals surface area contributed by atoms with E-state index in [-0.39, 0.29) is 63.8 Å². The van der Waals surface area contributed by atoms with Gasteiger partial charge in [-0.3, -0.25) is 0 Å². The van der Waals surface area contributed by atoms with Crippen molar-refractivity contribution >= 4 is 17.1 Å². The smallest absolute Gasteiger partial charge is 0 e. The number of aliphatic hydroxyl groups is 1. The fourth-order valence-corrected chi connectivity index (χ4v) is 0. The van der Waals surface area contributed by atoms with Gasteiger partial charge in [0, 0.05) is 46.8 Å². The molecule has 0 fully saturated rings. The summed E-state index contributed by atoms with van der Waals surface area (Å²) >= 11 is 0. The van der Waals surface area contributed by atoms with Gasteiger partial charge in [-0.2, -0.15) is 5.26 Å². The summed E-state index contributed by atoms with van der Waals surface area (Å²) in [6, 6.07) is 0. The summed E-state index contributed by atoms with van der Waals surface area (Å²) in [4.78, 5) is 0. The molecule has 0 saturated heterocycles. The molecule has 28 valence electrons. The molecular formula is CH3CdNOSeZn. The van der Waals surface area contributed by atoms with Crippen molar-refractivity contribution in [3.63, 3.8) is 0 Å². The first-order valence-electron chi connectivity index (χ1n) is 0.447. The molecule has 0 radical (unpaired) electrons. The molecule has 0 aromatic heterocycles.